The summed E-state index contributed by atoms with van der Waals surface area (Å²) >= 11 is 0. The van der Waals surface area contributed by atoms with Crippen molar-refractivity contribution in [3.8, 4) is 0 Å². The van der Waals surface area contributed by atoms with Crippen LogP contribution in [-0.4, -0.2) is 72.8 Å². The second kappa shape index (κ2) is 11.7. The monoisotopic (exact) mass is 580 g/mol. The number of rotatable bonds is 11. The van der Waals surface area contributed by atoms with Gasteiger partial charge in [-0.1, -0.05) is 64.8 Å². The summed E-state index contributed by atoms with van der Waals surface area (Å²) < 4.78 is 5.40. The van der Waals surface area contributed by atoms with Gasteiger partial charge in [0.2, 0.25) is 17.6 Å². The Morgan fingerprint density at radius 1 is 1.02 bits per heavy atom. The van der Waals surface area contributed by atoms with E-state index in [0.717, 1.165) is 24.0 Å². The lowest BCUT2D eigenvalue weighted by molar-refractivity contribution is -0.144. The maximum absolute atomic E-state index is 14.4. The number of piperidine rings is 1. The second-order valence-electron chi connectivity index (χ2n) is 13.6. The summed E-state index contributed by atoms with van der Waals surface area (Å²) in [6.07, 6.45) is 2.94. The van der Waals surface area contributed by atoms with E-state index >= 15 is 0 Å². The highest BCUT2D eigenvalue weighted by molar-refractivity contribution is 6.38. The topological polar surface area (TPSA) is 134 Å². The van der Waals surface area contributed by atoms with Crippen molar-refractivity contribution in [3.05, 3.63) is 35.4 Å². The molecule has 1 aromatic carbocycles. The van der Waals surface area contributed by atoms with Gasteiger partial charge in [0.05, 0.1) is 12.6 Å². The third kappa shape index (κ3) is 6.03. The van der Waals surface area contributed by atoms with Crippen LogP contribution < -0.4 is 16.0 Å². The number of benzene rings is 1. The maximum atomic E-state index is 14.4. The summed E-state index contributed by atoms with van der Waals surface area (Å²) in [5, 5.41) is 8.10. The summed E-state index contributed by atoms with van der Waals surface area (Å²) in [6.45, 7) is 8.69. The van der Waals surface area contributed by atoms with Crippen LogP contribution in [0.5, 0.6) is 0 Å². The fraction of sp³-hybridized carbons (Fsp3) is 0.656. The van der Waals surface area contributed by atoms with E-state index in [9.17, 15) is 24.0 Å². The molecule has 1 aliphatic heterocycles. The molecule has 228 valence electrons. The van der Waals surface area contributed by atoms with Crippen LogP contribution in [-0.2, 0) is 36.8 Å². The molecule has 5 rings (SSSR count). The molecule has 3 fully saturated rings. The zero-order chi connectivity index (χ0) is 30.3. The molecule has 3 aliphatic carbocycles. The van der Waals surface area contributed by atoms with E-state index in [1.807, 2.05) is 38.1 Å². The number of nitrogens with zero attached hydrogens (tertiary/aromatic N) is 1. The van der Waals surface area contributed by atoms with Crippen molar-refractivity contribution >= 4 is 29.6 Å². The lowest BCUT2D eigenvalue weighted by Crippen LogP contribution is -2.59. The molecule has 10 heteroatoms. The van der Waals surface area contributed by atoms with Crippen LogP contribution in [0, 0.1) is 35.0 Å². The quantitative estimate of drug-likeness (QED) is 0.344. The van der Waals surface area contributed by atoms with Crippen LogP contribution in [0.3, 0.4) is 0 Å². The van der Waals surface area contributed by atoms with Crippen LogP contribution >= 0.6 is 0 Å². The smallest absolute Gasteiger partial charge is 0.407 e. The molecule has 0 radical (unpaired) electrons. The van der Waals surface area contributed by atoms with Gasteiger partial charge in [-0.15, -0.1) is 0 Å². The number of hydrogen-bond acceptors (Lipinski definition) is 6. The van der Waals surface area contributed by atoms with Gasteiger partial charge in [-0.05, 0) is 65.4 Å². The Bertz CT molecular complexity index is 1230. The summed E-state index contributed by atoms with van der Waals surface area (Å²) in [5.41, 5.74) is 2.15. The van der Waals surface area contributed by atoms with Crippen molar-refractivity contribution in [2.24, 2.45) is 35.0 Å². The van der Waals surface area contributed by atoms with Crippen LogP contribution in [0.15, 0.2) is 24.3 Å². The van der Waals surface area contributed by atoms with Gasteiger partial charge in [0.25, 0.3) is 5.91 Å². The first-order valence-corrected chi connectivity index (χ1v) is 15.3. The normalized spacial score (nSPS) is 25.2. The molecule has 4 unspecified atom stereocenters. The molecule has 5 atom stereocenters. The Labute approximate surface area is 247 Å². The molecule has 0 bridgehead atoms. The molecule has 1 saturated heterocycles. The minimum absolute atomic E-state index is 0.0764. The third-order valence-electron chi connectivity index (χ3n) is 9.75. The van der Waals surface area contributed by atoms with Crippen molar-refractivity contribution in [3.63, 3.8) is 0 Å². The van der Waals surface area contributed by atoms with Gasteiger partial charge in [-0.2, -0.15) is 0 Å². The Morgan fingerprint density at radius 2 is 1.67 bits per heavy atom. The molecule has 0 spiro atoms. The van der Waals surface area contributed by atoms with E-state index < -0.39 is 41.8 Å². The molecular formula is C32H44N4O6. The number of nitrogens with one attached hydrogen (secondary N) is 3. The van der Waals surface area contributed by atoms with Gasteiger partial charge in [0.1, 0.15) is 12.1 Å². The van der Waals surface area contributed by atoms with Gasteiger partial charge < -0.3 is 25.6 Å². The first-order chi connectivity index (χ1) is 19.9. The van der Waals surface area contributed by atoms with Crippen LogP contribution in [0.4, 0.5) is 4.79 Å². The van der Waals surface area contributed by atoms with Crippen molar-refractivity contribution in [1.29, 1.82) is 0 Å². The van der Waals surface area contributed by atoms with Crippen molar-refractivity contribution < 1.29 is 28.7 Å². The van der Waals surface area contributed by atoms with E-state index in [2.05, 4.69) is 29.8 Å². The molecule has 1 heterocycles. The number of hydrogen-bond donors (Lipinski definition) is 3. The Morgan fingerprint density at radius 3 is 2.24 bits per heavy atom. The zero-order valence-electron chi connectivity index (χ0n) is 25.3. The summed E-state index contributed by atoms with van der Waals surface area (Å²) in [6, 6.07) is 5.42. The number of fused-ring (bicyclic) bond motifs is 2. The van der Waals surface area contributed by atoms with Crippen LogP contribution in [0.1, 0.15) is 58.1 Å². The van der Waals surface area contributed by atoms with Gasteiger partial charge in [0, 0.05) is 13.6 Å². The van der Waals surface area contributed by atoms with E-state index in [1.165, 1.54) is 7.05 Å². The number of amides is 4. The molecule has 1 aromatic rings. The van der Waals surface area contributed by atoms with Crippen molar-refractivity contribution in [2.45, 2.75) is 77.9 Å². The molecule has 42 heavy (non-hydrogen) atoms. The molecule has 10 nitrogen and oxygen atoms in total. The molecule has 4 aliphatic rings. The predicted octanol–water partition coefficient (Wildman–Crippen LogP) is 2.24. The fourth-order valence-electron chi connectivity index (χ4n) is 7.07. The Balaban J connectivity index is 1.38. The second-order valence-corrected chi connectivity index (χ2v) is 13.6. The first-order valence-electron chi connectivity index (χ1n) is 15.3. The van der Waals surface area contributed by atoms with E-state index in [4.69, 9.17) is 4.74 Å². The number of likely N-dealkylation sites (N-methyl/N-ethyl adjacent to an activating group) is 1. The highest BCUT2D eigenvalue weighted by Crippen LogP contribution is 2.65. The molecule has 2 saturated carbocycles. The first kappa shape index (κ1) is 30.0. The number of ketones is 1. The van der Waals surface area contributed by atoms with Gasteiger partial charge in [-0.3, -0.25) is 19.2 Å². The van der Waals surface area contributed by atoms with E-state index in [-0.39, 0.29) is 41.6 Å². The highest BCUT2D eigenvalue weighted by atomic mass is 16.5. The average Bonchev–Trinajstić information content (AvgIpc) is 3.71. The lowest BCUT2D eigenvalue weighted by atomic mass is 9.93. The average molecular weight is 581 g/mol. The third-order valence-corrected chi connectivity index (χ3v) is 9.75. The number of carbonyl (C=O) groups is 5. The van der Waals surface area contributed by atoms with E-state index in [1.54, 1.807) is 4.90 Å². The van der Waals surface area contributed by atoms with E-state index in [0.29, 0.717) is 31.7 Å². The summed E-state index contributed by atoms with van der Waals surface area (Å²) in [4.78, 5) is 67.8. The molecule has 0 aromatic heterocycles. The number of Topliss-reactive ketones (excluding diaryl/α,β-unsaturated/α-hetero) is 1. The number of carbonyl (C=O) groups excluding carboxylic acids is 5. The fourth-order valence-corrected chi connectivity index (χ4v) is 7.07. The lowest BCUT2D eigenvalue weighted by Gasteiger charge is -2.35. The molecule has 3 N–H and O–H groups in total. The van der Waals surface area contributed by atoms with Gasteiger partial charge in [0.15, 0.2) is 0 Å². The largest absolute Gasteiger partial charge is 0.449 e. The molecule has 4 amide bonds. The van der Waals surface area contributed by atoms with Gasteiger partial charge in [-0.25, -0.2) is 4.79 Å². The SMILES string of the molecule is CNC(=O)C(=O)C(CC1CC1)NC(=O)C1C2C(CN1C(=O)[C@@H](NC(=O)OCC(C)C)C1Cc3ccccc3C1)C2(C)C. The van der Waals surface area contributed by atoms with Crippen molar-refractivity contribution in [1.82, 2.24) is 20.9 Å². The Kier molecular flexibility index (Phi) is 8.36. The van der Waals surface area contributed by atoms with Crippen molar-refractivity contribution in [2.75, 3.05) is 20.2 Å². The molecular weight excluding hydrogens is 536 g/mol. The van der Waals surface area contributed by atoms with Gasteiger partial charge >= 0.3 is 6.09 Å². The van der Waals surface area contributed by atoms with Crippen LogP contribution in [0.25, 0.3) is 0 Å². The maximum Gasteiger partial charge on any atom is 0.407 e. The summed E-state index contributed by atoms with van der Waals surface area (Å²) in [7, 11) is 1.39. The predicted molar refractivity (Wildman–Crippen MR) is 155 cm³/mol. The minimum atomic E-state index is -0.938. The number of likely N-dealkylation sites (tertiary alicyclic amines) is 1. The zero-order valence-corrected chi connectivity index (χ0v) is 25.3. The number of alkyl carbamates (subject to hydrolysis) is 1. The minimum Gasteiger partial charge on any atom is -0.449 e. The Hall–Kier alpha value is -3.43. The highest BCUT2D eigenvalue weighted by Gasteiger charge is 2.69. The standard InChI is InChI=1S/C32H44N4O6/c1-17(2)16-42-31(41)35-25(21-13-19-8-6-7-9-20(19)14-21)30(40)36-15-22-24(32(22,3)4)26(36)28(38)34-23(12-18-10-11-18)27(37)29(39)33-5/h6-9,17-18,21-26H,10-16H2,1-5H3,(H,33,39)(H,34,38)(H,35,41)/t22?,23?,24?,25-,26?/m0/s1. The van der Waals surface area contributed by atoms with Crippen LogP contribution in [0.2, 0.25) is 0 Å². The number of ether oxygens (including phenoxy) is 1. The summed E-state index contributed by atoms with van der Waals surface area (Å²) in [5.74, 6) is -1.84.